The zero-order chi connectivity index (χ0) is 14.9. The van der Waals surface area contributed by atoms with Crippen LogP contribution in [0, 0.1) is 5.92 Å². The minimum absolute atomic E-state index is 0.304. The number of fused-ring (bicyclic) bond motifs is 1. The van der Waals surface area contributed by atoms with E-state index >= 15 is 0 Å². The number of rotatable bonds is 6. The van der Waals surface area contributed by atoms with Gasteiger partial charge >= 0.3 is 5.97 Å². The van der Waals surface area contributed by atoms with E-state index in [2.05, 4.69) is 6.58 Å². The second kappa shape index (κ2) is 5.81. The van der Waals surface area contributed by atoms with Gasteiger partial charge in [0, 0.05) is 7.11 Å². The number of carboxylic acid groups (broad SMARTS) is 1. The summed E-state index contributed by atoms with van der Waals surface area (Å²) in [4.78, 5) is 11.2. The quantitative estimate of drug-likeness (QED) is 0.747. The first-order valence-electron chi connectivity index (χ1n) is 6.75. The fourth-order valence-electron chi connectivity index (χ4n) is 2.80. The van der Waals surface area contributed by atoms with Crippen LogP contribution in [0.3, 0.4) is 0 Å². The molecule has 2 aliphatic heterocycles. The molecule has 20 heavy (non-hydrogen) atoms. The van der Waals surface area contributed by atoms with Gasteiger partial charge in [0.1, 0.15) is 12.2 Å². The van der Waals surface area contributed by atoms with Gasteiger partial charge in [-0.2, -0.15) is 0 Å². The van der Waals surface area contributed by atoms with Crippen molar-refractivity contribution in [3.05, 3.63) is 12.7 Å². The van der Waals surface area contributed by atoms with Crippen molar-refractivity contribution in [2.75, 3.05) is 7.11 Å². The van der Waals surface area contributed by atoms with Gasteiger partial charge in [-0.25, -0.2) is 0 Å². The molecule has 2 aliphatic rings. The zero-order valence-electron chi connectivity index (χ0n) is 12.1. The number of hydrogen-bond acceptors (Lipinski definition) is 5. The Morgan fingerprint density at radius 3 is 2.65 bits per heavy atom. The molecule has 0 saturated carbocycles. The van der Waals surface area contributed by atoms with Crippen LogP contribution < -0.4 is 0 Å². The summed E-state index contributed by atoms with van der Waals surface area (Å²) >= 11 is 0. The lowest BCUT2D eigenvalue weighted by Gasteiger charge is -2.24. The van der Waals surface area contributed by atoms with E-state index in [9.17, 15) is 9.90 Å². The molecular formula is C14H22O6. The zero-order valence-corrected chi connectivity index (χ0v) is 12.1. The molecule has 0 aromatic rings. The van der Waals surface area contributed by atoms with Gasteiger partial charge in [0.25, 0.3) is 0 Å². The van der Waals surface area contributed by atoms with Crippen LogP contribution in [0.25, 0.3) is 0 Å². The van der Waals surface area contributed by atoms with Crippen LogP contribution in [0.2, 0.25) is 0 Å². The van der Waals surface area contributed by atoms with Crippen molar-refractivity contribution in [2.24, 2.45) is 5.92 Å². The lowest BCUT2D eigenvalue weighted by Crippen LogP contribution is -2.32. The number of carboxylic acids is 1. The second-order valence-electron chi connectivity index (χ2n) is 5.64. The maximum atomic E-state index is 11.2. The normalized spacial score (nSPS) is 36.5. The molecule has 2 fully saturated rings. The molecule has 2 saturated heterocycles. The molecule has 2 rings (SSSR count). The van der Waals surface area contributed by atoms with E-state index < -0.39 is 24.0 Å². The Hall–Kier alpha value is -0.950. The Balaban J connectivity index is 2.08. The molecule has 0 amide bonds. The van der Waals surface area contributed by atoms with Crippen LogP contribution in [-0.2, 0) is 23.7 Å². The predicted molar refractivity (Wildman–Crippen MR) is 70.1 cm³/mol. The van der Waals surface area contributed by atoms with Gasteiger partial charge in [0.2, 0.25) is 0 Å². The van der Waals surface area contributed by atoms with Crippen molar-refractivity contribution in [2.45, 2.75) is 57.1 Å². The fourth-order valence-corrected chi connectivity index (χ4v) is 2.80. The first kappa shape index (κ1) is 15.4. The van der Waals surface area contributed by atoms with Gasteiger partial charge in [-0.1, -0.05) is 6.08 Å². The van der Waals surface area contributed by atoms with E-state index in [1.165, 1.54) is 7.11 Å². The first-order chi connectivity index (χ1) is 9.38. The van der Waals surface area contributed by atoms with Crippen LogP contribution >= 0.6 is 0 Å². The largest absolute Gasteiger partial charge is 0.481 e. The summed E-state index contributed by atoms with van der Waals surface area (Å²) in [7, 11) is 1.54. The van der Waals surface area contributed by atoms with Crippen LogP contribution in [0.5, 0.6) is 0 Å². The fraction of sp³-hybridized carbons (Fsp3) is 0.786. The molecule has 0 bridgehead atoms. The van der Waals surface area contributed by atoms with Gasteiger partial charge < -0.3 is 24.1 Å². The maximum absolute atomic E-state index is 11.2. The van der Waals surface area contributed by atoms with E-state index in [1.807, 2.05) is 13.8 Å². The van der Waals surface area contributed by atoms with Gasteiger partial charge in [-0.3, -0.25) is 4.79 Å². The Bertz CT molecular complexity index is 380. The highest BCUT2D eigenvalue weighted by Crippen LogP contribution is 2.40. The van der Waals surface area contributed by atoms with Crippen molar-refractivity contribution in [3.8, 4) is 0 Å². The number of carbonyl (C=O) groups is 1. The van der Waals surface area contributed by atoms with Crippen molar-refractivity contribution < 1.29 is 28.8 Å². The first-order valence-corrected chi connectivity index (χ1v) is 6.75. The molecule has 2 heterocycles. The molecular weight excluding hydrogens is 264 g/mol. The third-order valence-electron chi connectivity index (χ3n) is 3.66. The molecule has 0 aromatic heterocycles. The highest BCUT2D eigenvalue weighted by Gasteiger charge is 2.55. The Labute approximate surface area is 118 Å². The van der Waals surface area contributed by atoms with Crippen molar-refractivity contribution in [1.82, 2.24) is 0 Å². The molecule has 5 atom stereocenters. The average molecular weight is 286 g/mol. The summed E-state index contributed by atoms with van der Waals surface area (Å²) in [5.41, 5.74) is 0. The number of aliphatic carboxylic acids is 1. The van der Waals surface area contributed by atoms with Crippen LogP contribution in [-0.4, -0.2) is 48.6 Å². The third kappa shape index (κ3) is 3.03. The smallest absolute Gasteiger partial charge is 0.306 e. The predicted octanol–water partition coefficient (Wildman–Crippen LogP) is 1.54. The maximum Gasteiger partial charge on any atom is 0.306 e. The third-order valence-corrected chi connectivity index (χ3v) is 3.66. The highest BCUT2D eigenvalue weighted by molar-refractivity contribution is 5.70. The number of methoxy groups -OCH3 is 1. The molecule has 0 aromatic carbocycles. The topological polar surface area (TPSA) is 74.2 Å². The number of allylic oxidation sites excluding steroid dienone is 1. The summed E-state index contributed by atoms with van der Waals surface area (Å²) in [5, 5.41) is 9.22. The van der Waals surface area contributed by atoms with Crippen molar-refractivity contribution in [3.63, 3.8) is 0 Å². The van der Waals surface area contributed by atoms with Crippen LogP contribution in [0.1, 0.15) is 26.7 Å². The minimum atomic E-state index is -0.857. The van der Waals surface area contributed by atoms with E-state index in [0.717, 1.165) is 0 Å². The Morgan fingerprint density at radius 2 is 2.10 bits per heavy atom. The van der Waals surface area contributed by atoms with Gasteiger partial charge in [0.05, 0.1) is 12.0 Å². The van der Waals surface area contributed by atoms with Crippen LogP contribution in [0.15, 0.2) is 12.7 Å². The molecule has 0 aliphatic carbocycles. The van der Waals surface area contributed by atoms with Crippen molar-refractivity contribution in [1.29, 1.82) is 0 Å². The Kier molecular flexibility index (Phi) is 4.49. The van der Waals surface area contributed by atoms with Gasteiger partial charge in [-0.05, 0) is 26.7 Å². The monoisotopic (exact) mass is 286 g/mol. The molecule has 6 heteroatoms. The average Bonchev–Trinajstić information content (AvgIpc) is 2.82. The standard InChI is InChI=1S/C14H22O6/c1-5-6-8(12(15)16)7-9-10-11(13(17-4)18-9)20-14(2,3)19-10/h5,8-11,13H,1,6-7H2,2-4H3,(H,15,16)/t8-,9+,10+,11+,13+/m0/s1. The minimum Gasteiger partial charge on any atom is -0.481 e. The summed E-state index contributed by atoms with van der Waals surface area (Å²) in [6.45, 7) is 7.25. The summed E-state index contributed by atoms with van der Waals surface area (Å²) < 4.78 is 22.6. The lowest BCUT2D eigenvalue weighted by molar-refractivity contribution is -0.228. The van der Waals surface area contributed by atoms with E-state index in [0.29, 0.717) is 12.8 Å². The molecule has 6 nitrogen and oxygen atoms in total. The number of ether oxygens (including phenoxy) is 4. The molecule has 1 N–H and O–H groups in total. The van der Waals surface area contributed by atoms with Crippen LogP contribution in [0.4, 0.5) is 0 Å². The highest BCUT2D eigenvalue weighted by atomic mass is 16.8. The molecule has 0 spiro atoms. The summed E-state index contributed by atoms with van der Waals surface area (Å²) in [6.07, 6.45) is 0.850. The van der Waals surface area contributed by atoms with Gasteiger partial charge in [0.15, 0.2) is 12.1 Å². The summed E-state index contributed by atoms with van der Waals surface area (Å²) in [6, 6.07) is 0. The second-order valence-corrected chi connectivity index (χ2v) is 5.64. The molecule has 0 radical (unpaired) electrons. The molecule has 114 valence electrons. The summed E-state index contributed by atoms with van der Waals surface area (Å²) in [5.74, 6) is -2.10. The lowest BCUT2D eigenvalue weighted by atomic mass is 9.95. The molecule has 0 unspecified atom stereocenters. The Morgan fingerprint density at radius 1 is 1.45 bits per heavy atom. The van der Waals surface area contributed by atoms with E-state index in [-0.39, 0.29) is 18.3 Å². The SMILES string of the molecule is C=CC[C@@H](C[C@H]1O[C@@H](OC)[C@@H]2OC(C)(C)O[C@@H]21)C(=O)O. The van der Waals surface area contributed by atoms with Crippen molar-refractivity contribution >= 4 is 5.97 Å². The van der Waals surface area contributed by atoms with E-state index in [1.54, 1.807) is 6.08 Å². The number of hydrogen-bond donors (Lipinski definition) is 1. The van der Waals surface area contributed by atoms with E-state index in [4.69, 9.17) is 18.9 Å². The van der Waals surface area contributed by atoms with Gasteiger partial charge in [-0.15, -0.1) is 6.58 Å².